The second kappa shape index (κ2) is 7.17. The van der Waals surface area contributed by atoms with Crippen LogP contribution in [0, 0.1) is 0 Å². The van der Waals surface area contributed by atoms with Crippen molar-refractivity contribution in [2.45, 2.75) is 10.9 Å². The summed E-state index contributed by atoms with van der Waals surface area (Å²) >= 11 is 1.52. The highest BCUT2D eigenvalue weighted by Gasteiger charge is 2.23. The van der Waals surface area contributed by atoms with E-state index >= 15 is 0 Å². The summed E-state index contributed by atoms with van der Waals surface area (Å²) in [5, 5.41) is 1.94. The van der Waals surface area contributed by atoms with Gasteiger partial charge in [0, 0.05) is 4.88 Å². The lowest BCUT2D eigenvalue weighted by molar-refractivity contribution is 0.414. The van der Waals surface area contributed by atoms with Gasteiger partial charge in [-0.2, -0.15) is 4.72 Å². The summed E-state index contributed by atoms with van der Waals surface area (Å²) in [6.45, 7) is 0. The largest absolute Gasteiger partial charge is 0.497 e. The molecule has 0 spiro atoms. The van der Waals surface area contributed by atoms with Gasteiger partial charge in [-0.1, -0.05) is 36.4 Å². The molecule has 124 valence electrons. The van der Waals surface area contributed by atoms with Crippen LogP contribution < -0.4 is 9.46 Å². The van der Waals surface area contributed by atoms with Crippen LogP contribution in [0.1, 0.15) is 16.5 Å². The van der Waals surface area contributed by atoms with Crippen LogP contribution in [0.2, 0.25) is 0 Å². The molecule has 1 aromatic heterocycles. The molecule has 3 rings (SSSR count). The molecular weight excluding hydrogens is 342 g/mol. The summed E-state index contributed by atoms with van der Waals surface area (Å²) in [7, 11) is -2.11. The molecule has 0 bridgehead atoms. The van der Waals surface area contributed by atoms with Crippen LogP contribution in [0.5, 0.6) is 5.75 Å². The molecule has 2 aromatic carbocycles. The molecular formula is C18H17NO3S2. The minimum atomic E-state index is -3.66. The smallest absolute Gasteiger partial charge is 0.241 e. The van der Waals surface area contributed by atoms with Crippen LogP contribution in [0.4, 0.5) is 0 Å². The molecule has 0 amide bonds. The first-order valence-electron chi connectivity index (χ1n) is 7.35. The average molecular weight is 359 g/mol. The quantitative estimate of drug-likeness (QED) is 0.728. The zero-order chi connectivity index (χ0) is 17.0. The van der Waals surface area contributed by atoms with Gasteiger partial charge in [0.25, 0.3) is 0 Å². The Morgan fingerprint density at radius 2 is 1.67 bits per heavy atom. The lowest BCUT2D eigenvalue weighted by Crippen LogP contribution is -2.29. The molecule has 4 nitrogen and oxygen atoms in total. The highest BCUT2D eigenvalue weighted by molar-refractivity contribution is 7.89. The molecule has 0 saturated carbocycles. The predicted molar refractivity (Wildman–Crippen MR) is 95.9 cm³/mol. The fourth-order valence-corrected chi connectivity index (χ4v) is 4.45. The Morgan fingerprint density at radius 3 is 2.25 bits per heavy atom. The third-order valence-corrected chi connectivity index (χ3v) is 5.98. The molecule has 3 aromatic rings. The minimum Gasteiger partial charge on any atom is -0.497 e. The fraction of sp³-hybridized carbons (Fsp3) is 0.111. The molecule has 0 aliphatic carbocycles. The summed E-state index contributed by atoms with van der Waals surface area (Å²) in [5.74, 6) is 0.617. The van der Waals surface area contributed by atoms with Crippen molar-refractivity contribution in [1.82, 2.24) is 4.72 Å². The third-order valence-electron chi connectivity index (χ3n) is 3.60. The van der Waals surface area contributed by atoms with Crippen LogP contribution >= 0.6 is 11.3 Å². The van der Waals surface area contributed by atoms with Crippen molar-refractivity contribution in [2.24, 2.45) is 0 Å². The Balaban J connectivity index is 1.94. The molecule has 1 heterocycles. The second-order valence-corrected chi connectivity index (χ2v) is 7.85. The molecule has 1 N–H and O–H groups in total. The van der Waals surface area contributed by atoms with Crippen molar-refractivity contribution >= 4 is 21.4 Å². The van der Waals surface area contributed by atoms with Crippen LogP contribution in [-0.2, 0) is 10.0 Å². The Morgan fingerprint density at radius 1 is 0.958 bits per heavy atom. The summed E-state index contributed by atoms with van der Waals surface area (Å²) in [6, 6.07) is 19.3. The number of nitrogens with one attached hydrogen (secondary N) is 1. The van der Waals surface area contributed by atoms with E-state index in [1.54, 1.807) is 19.2 Å². The van der Waals surface area contributed by atoms with E-state index in [4.69, 9.17) is 4.74 Å². The van der Waals surface area contributed by atoms with Gasteiger partial charge in [-0.15, -0.1) is 11.3 Å². The monoisotopic (exact) mass is 359 g/mol. The van der Waals surface area contributed by atoms with E-state index in [0.717, 1.165) is 10.4 Å². The van der Waals surface area contributed by atoms with Gasteiger partial charge in [-0.05, 0) is 41.3 Å². The first kappa shape index (κ1) is 16.7. The first-order chi connectivity index (χ1) is 11.6. The van der Waals surface area contributed by atoms with Gasteiger partial charge < -0.3 is 4.74 Å². The molecule has 1 atom stereocenters. The number of ether oxygens (including phenoxy) is 1. The topological polar surface area (TPSA) is 55.4 Å². The summed E-state index contributed by atoms with van der Waals surface area (Å²) in [5.41, 5.74) is 0.900. The van der Waals surface area contributed by atoms with Crippen molar-refractivity contribution in [3.63, 3.8) is 0 Å². The fourth-order valence-electron chi connectivity index (χ4n) is 2.37. The van der Waals surface area contributed by atoms with Gasteiger partial charge in [-0.3, -0.25) is 0 Å². The molecule has 0 radical (unpaired) electrons. The summed E-state index contributed by atoms with van der Waals surface area (Å²) < 4.78 is 33.4. The van der Waals surface area contributed by atoms with Crippen LogP contribution in [0.15, 0.2) is 77.0 Å². The molecule has 0 saturated heterocycles. The minimum absolute atomic E-state index is 0.209. The number of hydrogen-bond acceptors (Lipinski definition) is 4. The first-order valence-corrected chi connectivity index (χ1v) is 9.71. The van der Waals surface area contributed by atoms with E-state index in [2.05, 4.69) is 4.72 Å². The second-order valence-electron chi connectivity index (χ2n) is 5.16. The van der Waals surface area contributed by atoms with Gasteiger partial charge in [0.2, 0.25) is 10.0 Å². The van der Waals surface area contributed by atoms with Gasteiger partial charge in [0.1, 0.15) is 5.75 Å². The number of hydrogen-bond donors (Lipinski definition) is 1. The maximum atomic E-state index is 12.8. The van der Waals surface area contributed by atoms with Gasteiger partial charge in [0.05, 0.1) is 18.0 Å². The van der Waals surface area contributed by atoms with Crippen LogP contribution in [0.25, 0.3) is 0 Å². The Labute approximate surface area is 145 Å². The van der Waals surface area contributed by atoms with Gasteiger partial charge in [0.15, 0.2) is 0 Å². The number of thiophene rings is 1. The van der Waals surface area contributed by atoms with Crippen molar-refractivity contribution in [3.8, 4) is 5.75 Å². The Bertz CT molecular complexity index is 874. The zero-order valence-electron chi connectivity index (χ0n) is 13.0. The van der Waals surface area contributed by atoms with Crippen molar-refractivity contribution in [1.29, 1.82) is 0 Å². The van der Waals surface area contributed by atoms with E-state index in [0.29, 0.717) is 5.75 Å². The normalized spacial score (nSPS) is 12.7. The third kappa shape index (κ3) is 3.67. The highest BCUT2D eigenvalue weighted by Crippen LogP contribution is 2.28. The van der Waals surface area contributed by atoms with Crippen LogP contribution in [-0.4, -0.2) is 15.5 Å². The maximum Gasteiger partial charge on any atom is 0.241 e. The lowest BCUT2D eigenvalue weighted by Gasteiger charge is -2.18. The molecule has 0 aliphatic heterocycles. The number of methoxy groups -OCH3 is 1. The van der Waals surface area contributed by atoms with Crippen molar-refractivity contribution in [2.75, 3.05) is 7.11 Å². The van der Waals surface area contributed by atoms with E-state index in [1.807, 2.05) is 47.8 Å². The molecule has 0 unspecified atom stereocenters. The number of sulfonamides is 1. The highest BCUT2D eigenvalue weighted by atomic mass is 32.2. The molecule has 0 fully saturated rings. The van der Waals surface area contributed by atoms with Gasteiger partial charge >= 0.3 is 0 Å². The predicted octanol–water partition coefficient (Wildman–Crippen LogP) is 3.82. The average Bonchev–Trinajstić information content (AvgIpc) is 3.15. The van der Waals surface area contributed by atoms with E-state index < -0.39 is 16.1 Å². The molecule has 0 aliphatic rings. The van der Waals surface area contributed by atoms with E-state index in [9.17, 15) is 8.42 Å². The Kier molecular flexibility index (Phi) is 4.99. The Hall–Kier alpha value is -2.15. The molecule has 24 heavy (non-hydrogen) atoms. The van der Waals surface area contributed by atoms with Crippen molar-refractivity contribution < 1.29 is 13.2 Å². The van der Waals surface area contributed by atoms with Crippen LogP contribution in [0.3, 0.4) is 0 Å². The maximum absolute atomic E-state index is 12.8. The van der Waals surface area contributed by atoms with E-state index in [-0.39, 0.29) is 4.90 Å². The number of rotatable bonds is 6. The SMILES string of the molecule is COc1ccc(S(=O)(=O)N[C@H](c2ccccc2)c2cccs2)cc1. The standard InChI is InChI=1S/C18H17NO3S2/c1-22-15-9-11-16(12-10-15)24(20,21)19-18(17-8-5-13-23-17)14-6-3-2-4-7-14/h2-13,18-19H,1H3/t18-/m1/s1. The lowest BCUT2D eigenvalue weighted by atomic mass is 10.1. The number of benzene rings is 2. The zero-order valence-corrected chi connectivity index (χ0v) is 14.7. The molecule has 6 heteroatoms. The van der Waals surface area contributed by atoms with Gasteiger partial charge in [-0.25, -0.2) is 8.42 Å². The van der Waals surface area contributed by atoms with Crippen molar-refractivity contribution in [3.05, 3.63) is 82.6 Å². The summed E-state index contributed by atoms with van der Waals surface area (Å²) in [6.07, 6.45) is 0. The summed E-state index contributed by atoms with van der Waals surface area (Å²) in [4.78, 5) is 1.15. The van der Waals surface area contributed by atoms with E-state index in [1.165, 1.54) is 23.5 Å².